The monoisotopic (exact) mass is 374 g/mol. The van der Waals surface area contributed by atoms with E-state index in [4.69, 9.17) is 4.74 Å². The third-order valence-corrected chi connectivity index (χ3v) is 4.09. The third-order valence-electron chi connectivity index (χ3n) is 4.09. The quantitative estimate of drug-likeness (QED) is 0.654. The molecule has 5 heteroatoms. The molecule has 0 spiro atoms. The fourth-order valence-electron chi connectivity index (χ4n) is 2.81. The maximum absolute atomic E-state index is 12.9. The van der Waals surface area contributed by atoms with Gasteiger partial charge in [0.15, 0.2) is 6.61 Å². The molecule has 0 aliphatic heterocycles. The second-order valence-corrected chi connectivity index (χ2v) is 6.14. The van der Waals surface area contributed by atoms with Crippen LogP contribution >= 0.6 is 0 Å². The molecule has 0 bridgehead atoms. The molecule has 2 N–H and O–H groups in total. The van der Waals surface area contributed by atoms with E-state index in [0.717, 1.165) is 11.1 Å². The van der Waals surface area contributed by atoms with Gasteiger partial charge in [-0.05, 0) is 36.2 Å². The van der Waals surface area contributed by atoms with Crippen LogP contribution in [0.15, 0.2) is 78.9 Å². The van der Waals surface area contributed by atoms with Gasteiger partial charge in [0.1, 0.15) is 5.75 Å². The zero-order chi connectivity index (χ0) is 19.8. The zero-order valence-corrected chi connectivity index (χ0v) is 15.6. The molecule has 0 fully saturated rings. The summed E-state index contributed by atoms with van der Waals surface area (Å²) < 4.78 is 5.48. The Morgan fingerprint density at radius 1 is 0.893 bits per heavy atom. The Hall–Kier alpha value is -3.60. The van der Waals surface area contributed by atoms with E-state index in [1.54, 1.807) is 30.3 Å². The van der Waals surface area contributed by atoms with Gasteiger partial charge in [-0.2, -0.15) is 0 Å². The lowest BCUT2D eigenvalue weighted by Gasteiger charge is -2.12. The van der Waals surface area contributed by atoms with Crippen LogP contribution in [0.3, 0.4) is 0 Å². The normalized spacial score (nSPS) is 10.2. The van der Waals surface area contributed by atoms with Gasteiger partial charge in [0.25, 0.3) is 11.8 Å². The van der Waals surface area contributed by atoms with Crippen LogP contribution in [0.4, 0.5) is 5.69 Å². The summed E-state index contributed by atoms with van der Waals surface area (Å²) in [5, 5.41) is 5.57. The van der Waals surface area contributed by atoms with E-state index < -0.39 is 0 Å². The van der Waals surface area contributed by atoms with Crippen molar-refractivity contribution < 1.29 is 14.3 Å². The molecule has 5 nitrogen and oxygen atoms in total. The summed E-state index contributed by atoms with van der Waals surface area (Å²) in [6.45, 7) is 2.34. The highest BCUT2D eigenvalue weighted by molar-refractivity contribution is 6.08. The molecule has 0 heterocycles. The minimum absolute atomic E-state index is 0.0674. The fourth-order valence-corrected chi connectivity index (χ4v) is 2.81. The number of hydrogen-bond donors (Lipinski definition) is 2. The second-order valence-electron chi connectivity index (χ2n) is 6.14. The molecule has 2 amide bonds. The van der Waals surface area contributed by atoms with Crippen LogP contribution in [0.2, 0.25) is 0 Å². The number of carbonyl (C=O) groups excluding carboxylic acids is 2. The van der Waals surface area contributed by atoms with Crippen molar-refractivity contribution >= 4 is 17.5 Å². The van der Waals surface area contributed by atoms with Crippen LogP contribution < -0.4 is 15.4 Å². The molecule has 0 aromatic heterocycles. The lowest BCUT2D eigenvalue weighted by Crippen LogP contribution is -2.28. The van der Waals surface area contributed by atoms with Crippen LogP contribution in [-0.2, 0) is 4.79 Å². The average molecular weight is 374 g/mol. The fraction of sp³-hybridized carbons (Fsp3) is 0.130. The predicted octanol–water partition coefficient (Wildman–Crippen LogP) is 4.12. The smallest absolute Gasteiger partial charge is 0.257 e. The van der Waals surface area contributed by atoms with Gasteiger partial charge >= 0.3 is 0 Å². The van der Waals surface area contributed by atoms with Crippen LogP contribution in [0.5, 0.6) is 5.75 Å². The Labute approximate surface area is 164 Å². The van der Waals surface area contributed by atoms with Crippen LogP contribution in [0.25, 0.3) is 11.1 Å². The highest BCUT2D eigenvalue weighted by Crippen LogP contribution is 2.25. The number of amides is 2. The SMILES string of the molecule is CCNC(=O)COc1cccc(NC(=O)c2ccccc2-c2ccccc2)c1. The number of likely N-dealkylation sites (N-methyl/N-ethyl adjacent to an activating group) is 1. The predicted molar refractivity (Wildman–Crippen MR) is 110 cm³/mol. The molecule has 0 unspecified atom stereocenters. The molecule has 3 aromatic carbocycles. The molecule has 0 radical (unpaired) electrons. The van der Waals surface area contributed by atoms with E-state index in [1.807, 2.05) is 55.5 Å². The van der Waals surface area contributed by atoms with Gasteiger partial charge in [0.05, 0.1) is 0 Å². The van der Waals surface area contributed by atoms with Gasteiger partial charge in [0.2, 0.25) is 0 Å². The molecular formula is C23H22N2O3. The standard InChI is InChI=1S/C23H22N2O3/c1-2-24-22(26)16-28-19-12-8-11-18(15-19)25-23(27)21-14-7-6-13-20(21)17-9-4-3-5-10-17/h3-15H,2,16H2,1H3,(H,24,26)(H,25,27). The summed E-state index contributed by atoms with van der Waals surface area (Å²) in [6, 6.07) is 24.2. The zero-order valence-electron chi connectivity index (χ0n) is 15.6. The molecule has 0 saturated carbocycles. The van der Waals surface area contributed by atoms with E-state index in [2.05, 4.69) is 10.6 Å². The first-order valence-electron chi connectivity index (χ1n) is 9.12. The molecule has 0 aliphatic carbocycles. The number of hydrogen-bond acceptors (Lipinski definition) is 3. The van der Waals surface area contributed by atoms with Gasteiger partial charge in [-0.3, -0.25) is 9.59 Å². The molecular weight excluding hydrogens is 352 g/mol. The van der Waals surface area contributed by atoms with Crippen molar-refractivity contribution in [2.24, 2.45) is 0 Å². The number of carbonyl (C=O) groups is 2. The number of nitrogens with one attached hydrogen (secondary N) is 2. The summed E-state index contributed by atoms with van der Waals surface area (Å²) in [7, 11) is 0. The molecule has 3 rings (SSSR count). The Bertz CT molecular complexity index is 955. The molecule has 3 aromatic rings. The first kappa shape index (κ1) is 19.2. The van der Waals surface area contributed by atoms with Gasteiger partial charge < -0.3 is 15.4 Å². The largest absolute Gasteiger partial charge is 0.484 e. The number of ether oxygens (including phenoxy) is 1. The van der Waals surface area contributed by atoms with Crippen LogP contribution in [-0.4, -0.2) is 25.0 Å². The summed E-state index contributed by atoms with van der Waals surface area (Å²) in [5.74, 6) is 0.120. The minimum Gasteiger partial charge on any atom is -0.484 e. The molecule has 28 heavy (non-hydrogen) atoms. The van der Waals surface area contributed by atoms with E-state index in [9.17, 15) is 9.59 Å². The Balaban J connectivity index is 1.74. The van der Waals surface area contributed by atoms with E-state index in [1.165, 1.54) is 0 Å². The molecule has 0 atom stereocenters. The lowest BCUT2D eigenvalue weighted by atomic mass is 9.99. The second kappa shape index (κ2) is 9.37. The highest BCUT2D eigenvalue weighted by Gasteiger charge is 2.13. The summed E-state index contributed by atoms with van der Waals surface area (Å²) in [4.78, 5) is 24.4. The van der Waals surface area contributed by atoms with Gasteiger partial charge in [0, 0.05) is 23.9 Å². The van der Waals surface area contributed by atoms with Gasteiger partial charge in [-0.25, -0.2) is 0 Å². The van der Waals surface area contributed by atoms with Crippen LogP contribution in [0, 0.1) is 0 Å². The summed E-state index contributed by atoms with van der Waals surface area (Å²) >= 11 is 0. The van der Waals surface area contributed by atoms with Crippen molar-refractivity contribution in [2.45, 2.75) is 6.92 Å². The first-order chi connectivity index (χ1) is 13.7. The van der Waals surface area contributed by atoms with Gasteiger partial charge in [-0.15, -0.1) is 0 Å². The Morgan fingerprint density at radius 3 is 2.43 bits per heavy atom. The lowest BCUT2D eigenvalue weighted by molar-refractivity contribution is -0.122. The van der Waals surface area contributed by atoms with Crippen molar-refractivity contribution in [2.75, 3.05) is 18.5 Å². The average Bonchev–Trinajstić information content (AvgIpc) is 2.73. The van der Waals surface area contributed by atoms with Gasteiger partial charge in [-0.1, -0.05) is 54.6 Å². The Kier molecular flexibility index (Phi) is 6.41. The number of rotatable bonds is 7. The topological polar surface area (TPSA) is 67.4 Å². The number of anilines is 1. The van der Waals surface area contributed by atoms with Crippen molar-refractivity contribution in [3.63, 3.8) is 0 Å². The molecule has 142 valence electrons. The van der Waals surface area contributed by atoms with Crippen LogP contribution in [0.1, 0.15) is 17.3 Å². The van der Waals surface area contributed by atoms with E-state index in [0.29, 0.717) is 23.5 Å². The van der Waals surface area contributed by atoms with Crippen molar-refractivity contribution in [1.82, 2.24) is 5.32 Å². The van der Waals surface area contributed by atoms with E-state index in [-0.39, 0.29) is 18.4 Å². The Morgan fingerprint density at radius 2 is 1.64 bits per heavy atom. The first-order valence-corrected chi connectivity index (χ1v) is 9.12. The van der Waals surface area contributed by atoms with Crippen molar-refractivity contribution in [1.29, 1.82) is 0 Å². The molecule has 0 aliphatic rings. The molecule has 0 saturated heterocycles. The number of benzene rings is 3. The maximum Gasteiger partial charge on any atom is 0.257 e. The van der Waals surface area contributed by atoms with E-state index >= 15 is 0 Å². The highest BCUT2D eigenvalue weighted by atomic mass is 16.5. The van der Waals surface area contributed by atoms with Crippen molar-refractivity contribution in [3.8, 4) is 16.9 Å². The third kappa shape index (κ3) is 4.98. The summed E-state index contributed by atoms with van der Waals surface area (Å²) in [6.07, 6.45) is 0. The van der Waals surface area contributed by atoms with Crippen molar-refractivity contribution in [3.05, 3.63) is 84.4 Å². The summed E-state index contributed by atoms with van der Waals surface area (Å²) in [5.41, 5.74) is 3.03. The minimum atomic E-state index is -0.208. The maximum atomic E-state index is 12.9.